The average molecular weight is 277 g/mol. The van der Waals surface area contributed by atoms with Crippen molar-refractivity contribution in [2.24, 2.45) is 11.8 Å². The second-order valence-electron chi connectivity index (χ2n) is 5.43. The first kappa shape index (κ1) is 14.9. The molecule has 0 radical (unpaired) electrons. The molecule has 2 atom stereocenters. The maximum absolute atomic E-state index is 12.1. The lowest BCUT2D eigenvalue weighted by atomic mass is 9.79. The fourth-order valence-corrected chi connectivity index (χ4v) is 2.88. The van der Waals surface area contributed by atoms with E-state index in [1.807, 2.05) is 12.1 Å². The van der Waals surface area contributed by atoms with Crippen molar-refractivity contribution in [3.8, 4) is 5.75 Å². The molecule has 0 bridgehead atoms. The van der Waals surface area contributed by atoms with Crippen LogP contribution in [0, 0.1) is 11.8 Å². The van der Waals surface area contributed by atoms with E-state index in [0.717, 1.165) is 12.8 Å². The van der Waals surface area contributed by atoms with Gasteiger partial charge in [-0.05, 0) is 42.9 Å². The van der Waals surface area contributed by atoms with Crippen LogP contribution >= 0.6 is 0 Å². The zero-order valence-corrected chi connectivity index (χ0v) is 12.0. The summed E-state index contributed by atoms with van der Waals surface area (Å²) in [6.45, 7) is 0.862. The largest absolute Gasteiger partial charge is 0.497 e. The molecule has 110 valence electrons. The van der Waals surface area contributed by atoms with Crippen molar-refractivity contribution >= 4 is 5.91 Å². The first-order valence-electron chi connectivity index (χ1n) is 7.27. The van der Waals surface area contributed by atoms with E-state index in [9.17, 15) is 9.90 Å². The lowest BCUT2D eigenvalue weighted by molar-refractivity contribution is 0.0909. The Labute approximate surface area is 120 Å². The molecule has 0 aromatic heterocycles. The van der Waals surface area contributed by atoms with E-state index in [0.29, 0.717) is 29.7 Å². The summed E-state index contributed by atoms with van der Waals surface area (Å²) in [5, 5.41) is 12.4. The summed E-state index contributed by atoms with van der Waals surface area (Å²) in [5.74, 6) is 1.33. The summed E-state index contributed by atoms with van der Waals surface area (Å²) in [7, 11) is 1.59. The van der Waals surface area contributed by atoms with Crippen LogP contribution in [-0.4, -0.2) is 31.3 Å². The summed E-state index contributed by atoms with van der Waals surface area (Å²) in [6.07, 6.45) is 4.53. The first-order chi connectivity index (χ1) is 9.74. The Kier molecular flexibility index (Phi) is 5.41. The molecular formula is C16H23NO3. The van der Waals surface area contributed by atoms with E-state index in [-0.39, 0.29) is 12.5 Å². The Morgan fingerprint density at radius 2 is 2.10 bits per heavy atom. The van der Waals surface area contributed by atoms with Crippen molar-refractivity contribution < 1.29 is 14.6 Å². The van der Waals surface area contributed by atoms with Gasteiger partial charge in [0.15, 0.2) is 0 Å². The van der Waals surface area contributed by atoms with Crippen LogP contribution in [0.5, 0.6) is 5.75 Å². The van der Waals surface area contributed by atoms with Crippen molar-refractivity contribution in [2.75, 3.05) is 20.3 Å². The van der Waals surface area contributed by atoms with Gasteiger partial charge in [0, 0.05) is 18.7 Å². The van der Waals surface area contributed by atoms with Crippen molar-refractivity contribution in [3.63, 3.8) is 0 Å². The molecule has 20 heavy (non-hydrogen) atoms. The van der Waals surface area contributed by atoms with E-state index < -0.39 is 0 Å². The number of carbonyl (C=O) groups excluding carboxylic acids is 1. The minimum absolute atomic E-state index is 0.0776. The number of amides is 1. The SMILES string of the molecule is COc1cccc(C(=O)NCC2CCCCC2CO)c1. The molecule has 4 heteroatoms. The molecule has 1 aliphatic carbocycles. The highest BCUT2D eigenvalue weighted by Crippen LogP contribution is 2.29. The number of benzene rings is 1. The average Bonchev–Trinajstić information content (AvgIpc) is 2.52. The normalized spacial score (nSPS) is 22.3. The Hall–Kier alpha value is -1.55. The molecular weight excluding hydrogens is 254 g/mol. The molecule has 1 fully saturated rings. The van der Waals surface area contributed by atoms with Crippen molar-refractivity contribution in [1.82, 2.24) is 5.32 Å². The molecule has 0 aliphatic heterocycles. The number of hydrogen-bond acceptors (Lipinski definition) is 3. The summed E-state index contributed by atoms with van der Waals surface area (Å²) < 4.78 is 5.12. The van der Waals surface area contributed by atoms with E-state index >= 15 is 0 Å². The van der Waals surface area contributed by atoms with Gasteiger partial charge >= 0.3 is 0 Å². The second-order valence-corrected chi connectivity index (χ2v) is 5.43. The van der Waals surface area contributed by atoms with Crippen molar-refractivity contribution in [1.29, 1.82) is 0 Å². The highest BCUT2D eigenvalue weighted by atomic mass is 16.5. The maximum Gasteiger partial charge on any atom is 0.251 e. The smallest absolute Gasteiger partial charge is 0.251 e. The highest BCUT2D eigenvalue weighted by molar-refractivity contribution is 5.94. The maximum atomic E-state index is 12.1. The minimum Gasteiger partial charge on any atom is -0.497 e. The standard InChI is InChI=1S/C16H23NO3/c1-20-15-8-4-7-12(9-15)16(19)17-10-13-5-2-3-6-14(13)11-18/h4,7-9,13-14,18H,2-3,5-6,10-11H2,1H3,(H,17,19). The third-order valence-electron chi connectivity index (χ3n) is 4.16. The molecule has 2 rings (SSSR count). The van der Waals surface area contributed by atoms with Crippen LogP contribution in [0.15, 0.2) is 24.3 Å². The summed E-state index contributed by atoms with van der Waals surface area (Å²) in [6, 6.07) is 7.15. The van der Waals surface area contributed by atoms with Gasteiger partial charge in [0.2, 0.25) is 0 Å². The van der Waals surface area contributed by atoms with E-state index in [1.54, 1.807) is 19.2 Å². The fraction of sp³-hybridized carbons (Fsp3) is 0.562. The Balaban J connectivity index is 1.90. The number of ether oxygens (including phenoxy) is 1. The first-order valence-corrected chi connectivity index (χ1v) is 7.27. The Morgan fingerprint density at radius 3 is 2.80 bits per heavy atom. The molecule has 0 spiro atoms. The molecule has 4 nitrogen and oxygen atoms in total. The van der Waals surface area contributed by atoms with Crippen molar-refractivity contribution in [2.45, 2.75) is 25.7 Å². The molecule has 0 heterocycles. The van der Waals surface area contributed by atoms with Crippen molar-refractivity contribution in [3.05, 3.63) is 29.8 Å². The zero-order chi connectivity index (χ0) is 14.4. The molecule has 1 aliphatic rings. The molecule has 1 amide bonds. The number of nitrogens with one attached hydrogen (secondary N) is 1. The molecule has 2 N–H and O–H groups in total. The second kappa shape index (κ2) is 7.29. The third-order valence-corrected chi connectivity index (χ3v) is 4.16. The lowest BCUT2D eigenvalue weighted by Crippen LogP contribution is -2.35. The summed E-state index contributed by atoms with van der Waals surface area (Å²) in [4.78, 5) is 12.1. The van der Waals surface area contributed by atoms with E-state index in [4.69, 9.17) is 4.74 Å². The minimum atomic E-state index is -0.0776. The molecule has 0 saturated heterocycles. The van der Waals surface area contributed by atoms with Gasteiger partial charge < -0.3 is 15.2 Å². The fourth-order valence-electron chi connectivity index (χ4n) is 2.88. The van der Waals surface area contributed by atoms with Crippen LogP contribution in [0.1, 0.15) is 36.0 Å². The van der Waals surface area contributed by atoms with Gasteiger partial charge in [-0.2, -0.15) is 0 Å². The van der Waals surface area contributed by atoms with Crippen LogP contribution in [0.25, 0.3) is 0 Å². The summed E-state index contributed by atoms with van der Waals surface area (Å²) >= 11 is 0. The number of rotatable bonds is 5. The van der Waals surface area contributed by atoms with Crippen LogP contribution in [0.3, 0.4) is 0 Å². The number of aliphatic hydroxyl groups excluding tert-OH is 1. The number of carbonyl (C=O) groups is 1. The topological polar surface area (TPSA) is 58.6 Å². The predicted molar refractivity (Wildman–Crippen MR) is 77.9 cm³/mol. The van der Waals surface area contributed by atoms with Crippen LogP contribution in [0.2, 0.25) is 0 Å². The van der Waals surface area contributed by atoms with Gasteiger partial charge in [-0.1, -0.05) is 18.9 Å². The molecule has 1 aromatic carbocycles. The van der Waals surface area contributed by atoms with Gasteiger partial charge in [-0.3, -0.25) is 4.79 Å². The third kappa shape index (κ3) is 3.73. The van der Waals surface area contributed by atoms with Crippen LogP contribution in [0.4, 0.5) is 0 Å². The van der Waals surface area contributed by atoms with E-state index in [2.05, 4.69) is 5.32 Å². The monoisotopic (exact) mass is 277 g/mol. The van der Waals surface area contributed by atoms with Gasteiger partial charge in [-0.15, -0.1) is 0 Å². The quantitative estimate of drug-likeness (QED) is 0.867. The Morgan fingerprint density at radius 1 is 1.35 bits per heavy atom. The predicted octanol–water partition coefficient (Wildman–Crippen LogP) is 2.22. The highest BCUT2D eigenvalue weighted by Gasteiger charge is 2.24. The Bertz CT molecular complexity index is 447. The molecule has 1 saturated carbocycles. The van der Waals surface area contributed by atoms with Gasteiger partial charge in [0.25, 0.3) is 5.91 Å². The zero-order valence-electron chi connectivity index (χ0n) is 12.0. The van der Waals surface area contributed by atoms with Crippen LogP contribution in [-0.2, 0) is 0 Å². The summed E-state index contributed by atoms with van der Waals surface area (Å²) in [5.41, 5.74) is 0.612. The molecule has 2 unspecified atom stereocenters. The van der Waals surface area contributed by atoms with Crippen LogP contribution < -0.4 is 10.1 Å². The number of aliphatic hydroxyl groups is 1. The van der Waals surface area contributed by atoms with E-state index in [1.165, 1.54) is 12.8 Å². The van der Waals surface area contributed by atoms with Gasteiger partial charge in [0.05, 0.1) is 7.11 Å². The lowest BCUT2D eigenvalue weighted by Gasteiger charge is -2.30. The number of hydrogen-bond donors (Lipinski definition) is 2. The molecule has 1 aromatic rings. The van der Waals surface area contributed by atoms with Gasteiger partial charge in [0.1, 0.15) is 5.75 Å². The van der Waals surface area contributed by atoms with Gasteiger partial charge in [-0.25, -0.2) is 0 Å². The number of methoxy groups -OCH3 is 1.